The predicted octanol–water partition coefficient (Wildman–Crippen LogP) is 7.81. The number of rotatable bonds is 7. The Hall–Kier alpha value is -2.93. The maximum atomic E-state index is 14.4. The van der Waals surface area contributed by atoms with E-state index in [0.717, 1.165) is 43.4 Å². The molecule has 0 spiro atoms. The highest BCUT2D eigenvalue weighted by Gasteiger charge is 2.24. The molecular formula is C28H28F5NO. The van der Waals surface area contributed by atoms with E-state index < -0.39 is 35.1 Å². The standard InChI is InChI=1S/C28H28F5NO/c1-2-26(34)21-13-24(31)28(25(32)14-21)35-15-16-3-5-17(6-4-16)18-7-9-19(10-8-18)20-11-22(29)27(33)23(30)12-20/h7-14,16-17,26H,2-6,15,34H2,1H3. The van der Waals surface area contributed by atoms with Crippen LogP contribution in [0.25, 0.3) is 11.1 Å². The lowest BCUT2D eigenvalue weighted by Gasteiger charge is -2.29. The first-order valence-corrected chi connectivity index (χ1v) is 11.9. The highest BCUT2D eigenvalue weighted by atomic mass is 19.2. The van der Waals surface area contributed by atoms with E-state index in [9.17, 15) is 22.0 Å². The van der Waals surface area contributed by atoms with Crippen LogP contribution in [0.1, 0.15) is 62.1 Å². The molecule has 0 heterocycles. The van der Waals surface area contributed by atoms with Gasteiger partial charge in [0.25, 0.3) is 0 Å². The number of benzene rings is 3. The van der Waals surface area contributed by atoms with Gasteiger partial charge in [0.1, 0.15) is 0 Å². The van der Waals surface area contributed by atoms with Crippen molar-refractivity contribution >= 4 is 0 Å². The van der Waals surface area contributed by atoms with Gasteiger partial charge in [-0.2, -0.15) is 0 Å². The minimum atomic E-state index is -1.48. The largest absolute Gasteiger partial charge is 0.487 e. The van der Waals surface area contributed by atoms with E-state index >= 15 is 0 Å². The van der Waals surface area contributed by atoms with Gasteiger partial charge >= 0.3 is 0 Å². The van der Waals surface area contributed by atoms with Gasteiger partial charge in [0.05, 0.1) is 6.61 Å². The maximum Gasteiger partial charge on any atom is 0.194 e. The molecule has 1 unspecified atom stereocenters. The summed E-state index contributed by atoms with van der Waals surface area (Å²) >= 11 is 0. The Kier molecular flexibility index (Phi) is 7.75. The maximum absolute atomic E-state index is 14.4. The topological polar surface area (TPSA) is 35.2 Å². The summed E-state index contributed by atoms with van der Waals surface area (Å²) < 4.78 is 74.6. The van der Waals surface area contributed by atoms with Crippen molar-refractivity contribution in [2.45, 2.75) is 51.0 Å². The molecule has 0 aliphatic heterocycles. The van der Waals surface area contributed by atoms with Crippen LogP contribution in [0.3, 0.4) is 0 Å². The lowest BCUT2D eigenvalue weighted by atomic mass is 9.79. The second kappa shape index (κ2) is 10.8. The molecule has 2 nitrogen and oxygen atoms in total. The van der Waals surface area contributed by atoms with Crippen LogP contribution in [0.4, 0.5) is 22.0 Å². The van der Waals surface area contributed by atoms with Crippen LogP contribution in [-0.2, 0) is 0 Å². The molecule has 1 atom stereocenters. The van der Waals surface area contributed by atoms with E-state index in [1.807, 2.05) is 19.1 Å². The molecule has 4 rings (SSSR count). The Morgan fingerprint density at radius 3 is 1.91 bits per heavy atom. The third-order valence-corrected chi connectivity index (χ3v) is 6.90. The van der Waals surface area contributed by atoms with Gasteiger partial charge in [-0.3, -0.25) is 0 Å². The fourth-order valence-electron chi connectivity index (χ4n) is 4.70. The predicted molar refractivity (Wildman–Crippen MR) is 126 cm³/mol. The smallest absolute Gasteiger partial charge is 0.194 e. The fraction of sp³-hybridized carbons (Fsp3) is 0.357. The molecule has 0 radical (unpaired) electrons. The average Bonchev–Trinajstić information content (AvgIpc) is 2.86. The van der Waals surface area contributed by atoms with Gasteiger partial charge in [0.15, 0.2) is 34.8 Å². The summed E-state index contributed by atoms with van der Waals surface area (Å²) in [5.41, 5.74) is 8.27. The normalized spacial score (nSPS) is 18.9. The van der Waals surface area contributed by atoms with E-state index in [4.69, 9.17) is 10.5 Å². The van der Waals surface area contributed by atoms with Crippen LogP contribution in [0.5, 0.6) is 5.75 Å². The molecule has 2 N–H and O–H groups in total. The second-order valence-corrected chi connectivity index (χ2v) is 9.23. The molecular weight excluding hydrogens is 461 g/mol. The van der Waals surface area contributed by atoms with Crippen molar-refractivity contribution in [2.24, 2.45) is 11.7 Å². The van der Waals surface area contributed by atoms with E-state index in [2.05, 4.69) is 0 Å². The van der Waals surface area contributed by atoms with Gasteiger partial charge in [-0.15, -0.1) is 0 Å². The van der Waals surface area contributed by atoms with Crippen molar-refractivity contribution < 1.29 is 26.7 Å². The molecule has 1 fully saturated rings. The summed E-state index contributed by atoms with van der Waals surface area (Å²) in [5, 5.41) is 0. The highest BCUT2D eigenvalue weighted by molar-refractivity contribution is 5.64. The number of ether oxygens (including phenoxy) is 1. The molecule has 186 valence electrons. The molecule has 1 aliphatic rings. The Bertz CT molecular complexity index is 1130. The third kappa shape index (κ3) is 5.67. The first-order valence-electron chi connectivity index (χ1n) is 11.9. The molecule has 0 bridgehead atoms. The van der Waals surface area contributed by atoms with Gasteiger partial charge in [-0.05, 0) is 90.5 Å². The summed E-state index contributed by atoms with van der Waals surface area (Å²) in [6, 6.07) is 11.4. The molecule has 0 aromatic heterocycles. The van der Waals surface area contributed by atoms with E-state index in [0.29, 0.717) is 23.5 Å². The Labute approximate surface area is 201 Å². The Morgan fingerprint density at radius 1 is 0.800 bits per heavy atom. The molecule has 3 aromatic carbocycles. The van der Waals surface area contributed by atoms with Gasteiger partial charge in [-0.1, -0.05) is 31.2 Å². The summed E-state index contributed by atoms with van der Waals surface area (Å²) in [6.45, 7) is 2.09. The summed E-state index contributed by atoms with van der Waals surface area (Å²) in [4.78, 5) is 0. The molecule has 3 aromatic rings. The fourth-order valence-corrected chi connectivity index (χ4v) is 4.70. The van der Waals surface area contributed by atoms with E-state index in [1.54, 1.807) is 12.1 Å². The number of halogens is 5. The SMILES string of the molecule is CCC(N)c1cc(F)c(OCC2CCC(c3ccc(-c4cc(F)c(F)c(F)c4)cc3)CC2)c(F)c1. The summed E-state index contributed by atoms with van der Waals surface area (Å²) in [5.74, 6) is -5.25. The Morgan fingerprint density at radius 2 is 1.37 bits per heavy atom. The van der Waals surface area contributed by atoms with E-state index in [-0.39, 0.29) is 23.8 Å². The van der Waals surface area contributed by atoms with Crippen LogP contribution in [-0.4, -0.2) is 6.61 Å². The number of nitrogens with two attached hydrogens (primary N) is 1. The molecule has 35 heavy (non-hydrogen) atoms. The van der Waals surface area contributed by atoms with Crippen LogP contribution in [0.2, 0.25) is 0 Å². The van der Waals surface area contributed by atoms with Crippen LogP contribution in [0.15, 0.2) is 48.5 Å². The minimum absolute atomic E-state index is 0.187. The van der Waals surface area contributed by atoms with Gasteiger partial charge in [0.2, 0.25) is 0 Å². The van der Waals surface area contributed by atoms with Gasteiger partial charge in [-0.25, -0.2) is 22.0 Å². The zero-order valence-corrected chi connectivity index (χ0v) is 19.5. The molecule has 0 amide bonds. The van der Waals surface area contributed by atoms with Crippen molar-refractivity contribution in [1.29, 1.82) is 0 Å². The zero-order chi connectivity index (χ0) is 25.1. The van der Waals surface area contributed by atoms with Crippen molar-refractivity contribution in [1.82, 2.24) is 0 Å². The summed E-state index contributed by atoms with van der Waals surface area (Å²) in [7, 11) is 0. The van der Waals surface area contributed by atoms with Gasteiger partial charge in [0, 0.05) is 6.04 Å². The number of hydrogen-bond acceptors (Lipinski definition) is 2. The number of hydrogen-bond donors (Lipinski definition) is 1. The van der Waals surface area contributed by atoms with Crippen molar-refractivity contribution in [3.63, 3.8) is 0 Å². The summed E-state index contributed by atoms with van der Waals surface area (Å²) in [6.07, 6.45) is 4.06. The molecule has 0 saturated heterocycles. The first-order chi connectivity index (χ1) is 16.8. The minimum Gasteiger partial charge on any atom is -0.487 e. The zero-order valence-electron chi connectivity index (χ0n) is 19.5. The highest BCUT2D eigenvalue weighted by Crippen LogP contribution is 2.37. The van der Waals surface area contributed by atoms with Crippen molar-refractivity contribution in [3.05, 3.63) is 88.7 Å². The quantitative estimate of drug-likeness (QED) is 0.271. The van der Waals surface area contributed by atoms with Crippen molar-refractivity contribution in [3.8, 4) is 16.9 Å². The lowest BCUT2D eigenvalue weighted by molar-refractivity contribution is 0.188. The monoisotopic (exact) mass is 489 g/mol. The lowest BCUT2D eigenvalue weighted by Crippen LogP contribution is -2.20. The second-order valence-electron chi connectivity index (χ2n) is 9.23. The third-order valence-electron chi connectivity index (χ3n) is 6.90. The van der Waals surface area contributed by atoms with Crippen LogP contribution < -0.4 is 10.5 Å². The Balaban J connectivity index is 1.33. The molecule has 1 saturated carbocycles. The molecule has 1 aliphatic carbocycles. The van der Waals surface area contributed by atoms with Crippen LogP contribution in [0, 0.1) is 35.0 Å². The first kappa shape index (κ1) is 25.2. The molecule has 7 heteroatoms. The van der Waals surface area contributed by atoms with E-state index in [1.165, 1.54) is 12.1 Å². The van der Waals surface area contributed by atoms with Gasteiger partial charge < -0.3 is 10.5 Å². The van der Waals surface area contributed by atoms with Crippen LogP contribution >= 0.6 is 0 Å². The van der Waals surface area contributed by atoms with Crippen molar-refractivity contribution in [2.75, 3.05) is 6.61 Å². The average molecular weight is 490 g/mol.